The number of hydrogen-bond acceptors (Lipinski definition) is 4. The van der Waals surface area contributed by atoms with Crippen LogP contribution in [0.5, 0.6) is 11.5 Å². The number of nitrogens with one attached hydrogen (secondary N) is 1. The predicted octanol–water partition coefficient (Wildman–Crippen LogP) is 3.83. The molecule has 138 valence electrons. The Labute approximate surface area is 154 Å². The minimum Gasteiger partial charge on any atom is -0.454 e. The third-order valence-electron chi connectivity index (χ3n) is 4.59. The number of nitrogens with zero attached hydrogens (tertiary/aromatic N) is 1. The highest BCUT2D eigenvalue weighted by Gasteiger charge is 2.13. The fraction of sp³-hybridized carbons (Fsp3) is 0.381. The maximum atomic E-state index is 12.3. The van der Waals surface area contributed by atoms with Crippen LogP contribution in [0.1, 0.15) is 31.4 Å². The molecule has 1 aliphatic rings. The number of carbonyl (C=O) groups is 1. The number of rotatable bonds is 8. The second-order valence-corrected chi connectivity index (χ2v) is 6.40. The van der Waals surface area contributed by atoms with Crippen LogP contribution in [0.4, 0.5) is 5.69 Å². The van der Waals surface area contributed by atoms with Crippen LogP contribution in [0.2, 0.25) is 0 Å². The van der Waals surface area contributed by atoms with Gasteiger partial charge in [0.15, 0.2) is 11.5 Å². The van der Waals surface area contributed by atoms with Gasteiger partial charge in [-0.2, -0.15) is 0 Å². The average Bonchev–Trinajstić information content (AvgIpc) is 3.12. The lowest BCUT2D eigenvalue weighted by molar-refractivity contribution is -0.116. The molecule has 0 aromatic heterocycles. The van der Waals surface area contributed by atoms with E-state index in [4.69, 9.17) is 9.47 Å². The second kappa shape index (κ2) is 8.72. The fourth-order valence-corrected chi connectivity index (χ4v) is 3.03. The molecule has 5 heteroatoms. The van der Waals surface area contributed by atoms with Crippen LogP contribution in [-0.2, 0) is 17.8 Å². The molecule has 0 unspecified atom stereocenters. The second-order valence-electron chi connectivity index (χ2n) is 6.40. The molecule has 1 aliphatic heterocycles. The van der Waals surface area contributed by atoms with Crippen LogP contribution in [-0.4, -0.2) is 30.7 Å². The summed E-state index contributed by atoms with van der Waals surface area (Å²) in [5, 5.41) is 3.00. The van der Waals surface area contributed by atoms with E-state index in [1.807, 2.05) is 30.3 Å². The Morgan fingerprint density at radius 2 is 1.85 bits per heavy atom. The van der Waals surface area contributed by atoms with Crippen molar-refractivity contribution in [1.82, 2.24) is 4.90 Å². The topological polar surface area (TPSA) is 50.8 Å². The van der Waals surface area contributed by atoms with Gasteiger partial charge in [0.1, 0.15) is 0 Å². The van der Waals surface area contributed by atoms with E-state index in [1.54, 1.807) is 0 Å². The van der Waals surface area contributed by atoms with E-state index in [-0.39, 0.29) is 12.7 Å². The summed E-state index contributed by atoms with van der Waals surface area (Å²) in [4.78, 5) is 14.6. The first kappa shape index (κ1) is 18.3. The molecular formula is C21H26N2O3. The van der Waals surface area contributed by atoms with Gasteiger partial charge in [-0.1, -0.05) is 32.0 Å². The molecule has 0 saturated carbocycles. The monoisotopic (exact) mass is 354 g/mol. The van der Waals surface area contributed by atoms with Crippen LogP contribution in [0.25, 0.3) is 0 Å². The van der Waals surface area contributed by atoms with E-state index in [1.165, 1.54) is 5.56 Å². The number of aryl methyl sites for hydroxylation is 1. The van der Waals surface area contributed by atoms with E-state index in [2.05, 4.69) is 36.2 Å². The van der Waals surface area contributed by atoms with Gasteiger partial charge in [-0.15, -0.1) is 0 Å². The van der Waals surface area contributed by atoms with Gasteiger partial charge in [-0.25, -0.2) is 0 Å². The van der Waals surface area contributed by atoms with E-state index in [9.17, 15) is 4.79 Å². The molecule has 2 aromatic carbocycles. The Morgan fingerprint density at radius 1 is 1.04 bits per heavy atom. The van der Waals surface area contributed by atoms with Crippen molar-refractivity contribution in [3.63, 3.8) is 0 Å². The van der Waals surface area contributed by atoms with Gasteiger partial charge in [0, 0.05) is 18.7 Å². The summed E-state index contributed by atoms with van der Waals surface area (Å²) in [5.74, 6) is 1.54. The molecule has 1 amide bonds. The summed E-state index contributed by atoms with van der Waals surface area (Å²) in [7, 11) is 0. The van der Waals surface area contributed by atoms with Crippen LogP contribution in [0, 0.1) is 0 Å². The lowest BCUT2D eigenvalue weighted by Gasteiger charge is -2.18. The van der Waals surface area contributed by atoms with Gasteiger partial charge in [0.05, 0.1) is 0 Å². The first-order chi connectivity index (χ1) is 12.7. The summed E-state index contributed by atoms with van der Waals surface area (Å²) < 4.78 is 10.7. The zero-order valence-corrected chi connectivity index (χ0v) is 15.5. The van der Waals surface area contributed by atoms with E-state index < -0.39 is 0 Å². The SMILES string of the molecule is CCN(CC)Cc1cccc(NC(=O)CCc2ccc3c(c2)OCO3)c1. The summed E-state index contributed by atoms with van der Waals surface area (Å²) in [6.45, 7) is 7.51. The Bertz CT molecular complexity index is 757. The predicted molar refractivity (Wildman–Crippen MR) is 103 cm³/mol. The number of carbonyl (C=O) groups excluding carboxylic acids is 1. The first-order valence-electron chi connectivity index (χ1n) is 9.17. The lowest BCUT2D eigenvalue weighted by atomic mass is 10.1. The number of anilines is 1. The number of hydrogen-bond donors (Lipinski definition) is 1. The highest BCUT2D eigenvalue weighted by Crippen LogP contribution is 2.32. The van der Waals surface area contributed by atoms with E-state index in [0.29, 0.717) is 12.8 Å². The number of amides is 1. The van der Waals surface area contributed by atoms with Gasteiger partial charge in [-0.05, 0) is 54.9 Å². The van der Waals surface area contributed by atoms with Crippen molar-refractivity contribution < 1.29 is 14.3 Å². The summed E-state index contributed by atoms with van der Waals surface area (Å²) in [6.07, 6.45) is 1.10. The quantitative estimate of drug-likeness (QED) is 0.783. The summed E-state index contributed by atoms with van der Waals surface area (Å²) >= 11 is 0. The van der Waals surface area contributed by atoms with Crippen molar-refractivity contribution in [3.8, 4) is 11.5 Å². The highest BCUT2D eigenvalue weighted by molar-refractivity contribution is 5.90. The number of fused-ring (bicyclic) bond motifs is 1. The third kappa shape index (κ3) is 4.76. The largest absolute Gasteiger partial charge is 0.454 e. The van der Waals surface area contributed by atoms with Crippen molar-refractivity contribution in [1.29, 1.82) is 0 Å². The van der Waals surface area contributed by atoms with Crippen molar-refractivity contribution >= 4 is 11.6 Å². The molecule has 0 bridgehead atoms. The maximum Gasteiger partial charge on any atom is 0.231 e. The maximum absolute atomic E-state index is 12.3. The zero-order chi connectivity index (χ0) is 18.4. The Morgan fingerprint density at radius 3 is 2.65 bits per heavy atom. The zero-order valence-electron chi connectivity index (χ0n) is 15.5. The van der Waals surface area contributed by atoms with Gasteiger partial charge in [0.2, 0.25) is 12.7 Å². The molecular weight excluding hydrogens is 328 g/mol. The van der Waals surface area contributed by atoms with Gasteiger partial charge in [-0.3, -0.25) is 9.69 Å². The van der Waals surface area contributed by atoms with E-state index in [0.717, 1.165) is 42.4 Å². The Kier molecular flexibility index (Phi) is 6.12. The number of benzene rings is 2. The molecule has 26 heavy (non-hydrogen) atoms. The fourth-order valence-electron chi connectivity index (χ4n) is 3.03. The molecule has 0 atom stereocenters. The van der Waals surface area contributed by atoms with Crippen molar-refractivity contribution in [2.24, 2.45) is 0 Å². The summed E-state index contributed by atoms with van der Waals surface area (Å²) in [6, 6.07) is 13.9. The molecule has 1 N–H and O–H groups in total. The highest BCUT2D eigenvalue weighted by atomic mass is 16.7. The van der Waals surface area contributed by atoms with E-state index >= 15 is 0 Å². The van der Waals surface area contributed by atoms with Crippen molar-refractivity contribution in [3.05, 3.63) is 53.6 Å². The van der Waals surface area contributed by atoms with Crippen molar-refractivity contribution in [2.45, 2.75) is 33.2 Å². The van der Waals surface area contributed by atoms with Crippen LogP contribution in [0.3, 0.4) is 0 Å². The molecule has 1 heterocycles. The van der Waals surface area contributed by atoms with Gasteiger partial charge >= 0.3 is 0 Å². The molecule has 0 saturated heterocycles. The number of ether oxygens (including phenoxy) is 2. The molecule has 0 radical (unpaired) electrons. The van der Waals surface area contributed by atoms with Gasteiger partial charge < -0.3 is 14.8 Å². The molecule has 0 aliphatic carbocycles. The Hall–Kier alpha value is -2.53. The minimum absolute atomic E-state index is 0.0163. The normalized spacial score (nSPS) is 12.4. The minimum atomic E-state index is 0.0163. The van der Waals surface area contributed by atoms with Crippen LogP contribution >= 0.6 is 0 Å². The molecule has 0 fully saturated rings. The molecule has 2 aromatic rings. The van der Waals surface area contributed by atoms with Crippen LogP contribution < -0.4 is 14.8 Å². The average molecular weight is 354 g/mol. The lowest BCUT2D eigenvalue weighted by Crippen LogP contribution is -2.22. The molecule has 0 spiro atoms. The summed E-state index contributed by atoms with van der Waals surface area (Å²) in [5.41, 5.74) is 3.13. The van der Waals surface area contributed by atoms with Gasteiger partial charge in [0.25, 0.3) is 0 Å². The van der Waals surface area contributed by atoms with Crippen LogP contribution in [0.15, 0.2) is 42.5 Å². The first-order valence-corrected chi connectivity index (χ1v) is 9.17. The smallest absolute Gasteiger partial charge is 0.231 e. The molecule has 5 nitrogen and oxygen atoms in total. The molecule has 3 rings (SSSR count). The third-order valence-corrected chi connectivity index (χ3v) is 4.59. The standard InChI is InChI=1S/C21H26N2O3/c1-3-23(4-2)14-17-6-5-7-18(12-17)22-21(24)11-9-16-8-10-19-20(13-16)26-15-25-19/h5-8,10,12-13H,3-4,9,11,14-15H2,1-2H3,(H,22,24). The Balaban J connectivity index is 1.53. The van der Waals surface area contributed by atoms with Crippen molar-refractivity contribution in [2.75, 3.05) is 25.2 Å².